The number of aromatic nitrogens is 1. The van der Waals surface area contributed by atoms with Crippen LogP contribution in [0.2, 0.25) is 5.15 Å². The van der Waals surface area contributed by atoms with E-state index in [9.17, 15) is 4.79 Å². The molecule has 1 heterocycles. The second kappa shape index (κ2) is 4.89. The standard InChI is InChI=1S/C11H14ClN3O2/c12-10-9(5-7(13)6-14-10)11(17)15(3-4-16)8-1-2-8/h5-6,8,16H,1-4,13H2. The molecule has 0 aliphatic heterocycles. The van der Waals surface area contributed by atoms with Gasteiger partial charge >= 0.3 is 0 Å². The Hall–Kier alpha value is -1.33. The van der Waals surface area contributed by atoms with Gasteiger partial charge in [0.15, 0.2) is 0 Å². The first-order valence-electron chi connectivity index (χ1n) is 5.46. The monoisotopic (exact) mass is 255 g/mol. The average molecular weight is 256 g/mol. The number of carbonyl (C=O) groups is 1. The van der Waals surface area contributed by atoms with Gasteiger partial charge in [0.1, 0.15) is 5.15 Å². The van der Waals surface area contributed by atoms with Crippen molar-refractivity contribution >= 4 is 23.2 Å². The van der Waals surface area contributed by atoms with Crippen LogP contribution < -0.4 is 5.73 Å². The zero-order valence-electron chi connectivity index (χ0n) is 9.27. The van der Waals surface area contributed by atoms with Gasteiger partial charge in [-0.1, -0.05) is 11.6 Å². The van der Waals surface area contributed by atoms with E-state index in [0.29, 0.717) is 17.8 Å². The second-order valence-corrected chi connectivity index (χ2v) is 4.42. The highest BCUT2D eigenvalue weighted by Gasteiger charge is 2.33. The number of hydrogen-bond donors (Lipinski definition) is 2. The molecular weight excluding hydrogens is 242 g/mol. The van der Waals surface area contributed by atoms with E-state index in [-0.39, 0.29) is 23.7 Å². The Morgan fingerprint density at radius 2 is 2.35 bits per heavy atom. The van der Waals surface area contributed by atoms with Crippen LogP contribution in [0.3, 0.4) is 0 Å². The number of rotatable bonds is 4. The van der Waals surface area contributed by atoms with Gasteiger partial charge < -0.3 is 15.7 Å². The predicted molar refractivity (Wildman–Crippen MR) is 64.8 cm³/mol. The fourth-order valence-corrected chi connectivity index (χ4v) is 1.90. The summed E-state index contributed by atoms with van der Waals surface area (Å²) in [5, 5.41) is 9.11. The SMILES string of the molecule is Nc1cnc(Cl)c(C(=O)N(CCO)C2CC2)c1. The maximum absolute atomic E-state index is 12.2. The topological polar surface area (TPSA) is 79.5 Å². The molecule has 92 valence electrons. The van der Waals surface area contributed by atoms with Crippen molar-refractivity contribution in [2.45, 2.75) is 18.9 Å². The summed E-state index contributed by atoms with van der Waals surface area (Å²) in [6.45, 7) is 0.254. The first-order chi connectivity index (χ1) is 8.13. The van der Waals surface area contributed by atoms with Crippen molar-refractivity contribution in [3.05, 3.63) is 23.0 Å². The van der Waals surface area contributed by atoms with Crippen molar-refractivity contribution in [3.8, 4) is 0 Å². The summed E-state index contributed by atoms with van der Waals surface area (Å²) in [7, 11) is 0. The van der Waals surface area contributed by atoms with Crippen LogP contribution >= 0.6 is 11.6 Å². The van der Waals surface area contributed by atoms with Crippen LogP contribution in [0.5, 0.6) is 0 Å². The van der Waals surface area contributed by atoms with Crippen LogP contribution in [-0.2, 0) is 0 Å². The van der Waals surface area contributed by atoms with Crippen LogP contribution in [0.15, 0.2) is 12.3 Å². The first kappa shape index (κ1) is 12.1. The van der Waals surface area contributed by atoms with Gasteiger partial charge in [-0.15, -0.1) is 0 Å². The molecule has 0 atom stereocenters. The maximum atomic E-state index is 12.2. The van der Waals surface area contributed by atoms with E-state index in [1.807, 2.05) is 0 Å². The van der Waals surface area contributed by atoms with E-state index >= 15 is 0 Å². The zero-order chi connectivity index (χ0) is 12.4. The van der Waals surface area contributed by atoms with Crippen LogP contribution in [0.1, 0.15) is 23.2 Å². The van der Waals surface area contributed by atoms with Gasteiger partial charge in [-0.3, -0.25) is 4.79 Å². The molecule has 1 aliphatic rings. The molecule has 17 heavy (non-hydrogen) atoms. The van der Waals surface area contributed by atoms with Gasteiger partial charge in [-0.05, 0) is 18.9 Å². The molecule has 0 spiro atoms. The average Bonchev–Trinajstić information content (AvgIpc) is 3.12. The molecule has 5 nitrogen and oxygen atoms in total. The molecule has 1 aliphatic carbocycles. The van der Waals surface area contributed by atoms with E-state index in [1.165, 1.54) is 12.3 Å². The molecule has 1 aromatic heterocycles. The van der Waals surface area contributed by atoms with Crippen molar-refractivity contribution < 1.29 is 9.90 Å². The molecule has 1 amide bonds. The number of nitrogen functional groups attached to an aromatic ring is 1. The minimum atomic E-state index is -0.216. The number of nitrogens with two attached hydrogens (primary N) is 1. The Kier molecular flexibility index (Phi) is 3.49. The highest BCUT2D eigenvalue weighted by molar-refractivity contribution is 6.32. The highest BCUT2D eigenvalue weighted by Crippen LogP contribution is 2.29. The largest absolute Gasteiger partial charge is 0.397 e. The van der Waals surface area contributed by atoms with E-state index in [2.05, 4.69) is 4.98 Å². The Morgan fingerprint density at radius 1 is 1.65 bits per heavy atom. The lowest BCUT2D eigenvalue weighted by Gasteiger charge is -2.21. The van der Waals surface area contributed by atoms with Gasteiger partial charge in [0, 0.05) is 12.6 Å². The summed E-state index contributed by atoms with van der Waals surface area (Å²) in [5.41, 5.74) is 6.29. The van der Waals surface area contributed by atoms with Gasteiger partial charge in [0.05, 0.1) is 24.1 Å². The summed E-state index contributed by atoms with van der Waals surface area (Å²) >= 11 is 5.88. The number of aliphatic hydroxyl groups is 1. The van der Waals surface area contributed by atoms with Crippen molar-refractivity contribution in [2.75, 3.05) is 18.9 Å². The molecule has 0 saturated heterocycles. The van der Waals surface area contributed by atoms with Crippen LogP contribution in [0.25, 0.3) is 0 Å². The molecule has 6 heteroatoms. The van der Waals surface area contributed by atoms with Gasteiger partial charge in [-0.2, -0.15) is 0 Å². The first-order valence-corrected chi connectivity index (χ1v) is 5.84. The summed E-state index contributed by atoms with van der Waals surface area (Å²) in [4.78, 5) is 17.7. The van der Waals surface area contributed by atoms with Crippen LogP contribution in [0, 0.1) is 0 Å². The summed E-state index contributed by atoms with van der Waals surface area (Å²) in [6.07, 6.45) is 3.35. The number of hydrogen-bond acceptors (Lipinski definition) is 4. The van der Waals surface area contributed by atoms with E-state index < -0.39 is 0 Å². The lowest BCUT2D eigenvalue weighted by Crippen LogP contribution is -2.35. The smallest absolute Gasteiger partial charge is 0.257 e. The van der Waals surface area contributed by atoms with Crippen molar-refractivity contribution in [3.63, 3.8) is 0 Å². The number of halogens is 1. The Morgan fingerprint density at radius 3 is 2.94 bits per heavy atom. The number of carbonyl (C=O) groups excluding carboxylic acids is 1. The zero-order valence-corrected chi connectivity index (χ0v) is 10.0. The number of amides is 1. The molecular formula is C11H14ClN3O2. The fraction of sp³-hybridized carbons (Fsp3) is 0.455. The molecule has 0 radical (unpaired) electrons. The molecule has 1 fully saturated rings. The van der Waals surface area contributed by atoms with Crippen LogP contribution in [0.4, 0.5) is 5.69 Å². The molecule has 0 bridgehead atoms. The molecule has 3 N–H and O–H groups in total. The van der Waals surface area contributed by atoms with Crippen molar-refractivity contribution in [1.82, 2.24) is 9.88 Å². The second-order valence-electron chi connectivity index (χ2n) is 4.06. The maximum Gasteiger partial charge on any atom is 0.257 e. The summed E-state index contributed by atoms with van der Waals surface area (Å²) in [5.74, 6) is -0.216. The third kappa shape index (κ3) is 2.68. The number of aliphatic hydroxyl groups excluding tert-OH is 1. The molecule has 1 saturated carbocycles. The van der Waals surface area contributed by atoms with Crippen molar-refractivity contribution in [1.29, 1.82) is 0 Å². The van der Waals surface area contributed by atoms with E-state index in [1.54, 1.807) is 4.90 Å². The Bertz CT molecular complexity index is 435. The van der Waals surface area contributed by atoms with Gasteiger partial charge in [0.25, 0.3) is 5.91 Å². The predicted octanol–water partition coefficient (Wildman–Crippen LogP) is 0.914. The number of anilines is 1. The minimum absolute atomic E-state index is 0.0599. The fourth-order valence-electron chi connectivity index (χ4n) is 1.71. The normalized spacial score (nSPS) is 14.7. The van der Waals surface area contributed by atoms with Crippen LogP contribution in [-0.4, -0.2) is 40.1 Å². The summed E-state index contributed by atoms with van der Waals surface area (Å²) in [6, 6.07) is 1.73. The third-order valence-electron chi connectivity index (χ3n) is 2.68. The van der Waals surface area contributed by atoms with E-state index in [0.717, 1.165) is 12.8 Å². The molecule has 2 rings (SSSR count). The Balaban J connectivity index is 2.24. The van der Waals surface area contributed by atoms with Gasteiger partial charge in [-0.25, -0.2) is 4.98 Å². The van der Waals surface area contributed by atoms with E-state index in [4.69, 9.17) is 22.4 Å². The molecule has 0 aromatic carbocycles. The number of nitrogens with zero attached hydrogens (tertiary/aromatic N) is 2. The highest BCUT2D eigenvalue weighted by atomic mass is 35.5. The summed E-state index contributed by atoms with van der Waals surface area (Å²) < 4.78 is 0. The van der Waals surface area contributed by atoms with Crippen molar-refractivity contribution in [2.24, 2.45) is 0 Å². The molecule has 1 aromatic rings. The molecule has 0 unspecified atom stereocenters. The Labute approximate surface area is 104 Å². The van der Waals surface area contributed by atoms with Gasteiger partial charge in [0.2, 0.25) is 0 Å². The lowest BCUT2D eigenvalue weighted by molar-refractivity contribution is 0.0707. The third-order valence-corrected chi connectivity index (χ3v) is 2.98. The lowest BCUT2D eigenvalue weighted by atomic mass is 10.2. The number of pyridine rings is 1. The minimum Gasteiger partial charge on any atom is -0.397 e. The quantitative estimate of drug-likeness (QED) is 0.784.